The molecule has 1 aliphatic carbocycles. The fourth-order valence-electron chi connectivity index (χ4n) is 4.60. The molecule has 2 aromatic rings. The number of dihydropyridines is 1. The normalized spacial score (nSPS) is 21.4. The zero-order valence-electron chi connectivity index (χ0n) is 19.0. The summed E-state index contributed by atoms with van der Waals surface area (Å²) in [6.07, 6.45) is 1.55. The summed E-state index contributed by atoms with van der Waals surface area (Å²) in [7, 11) is 0. The predicted octanol–water partition coefficient (Wildman–Crippen LogP) is 6.70. The van der Waals surface area contributed by atoms with E-state index in [0.717, 1.165) is 16.8 Å². The molecule has 3 atom stereocenters. The molecule has 0 amide bonds. The number of rotatable bonds is 5. The van der Waals surface area contributed by atoms with Crippen molar-refractivity contribution in [3.05, 3.63) is 92.2 Å². The lowest BCUT2D eigenvalue weighted by molar-refractivity contribution is -0.144. The van der Waals surface area contributed by atoms with E-state index in [0.29, 0.717) is 46.2 Å². The molecular formula is C27H27Cl2NO3. The molecule has 6 heteroatoms. The molecule has 1 aliphatic heterocycles. The second kappa shape index (κ2) is 9.74. The summed E-state index contributed by atoms with van der Waals surface area (Å²) < 4.78 is 5.69. The van der Waals surface area contributed by atoms with E-state index >= 15 is 0 Å². The smallest absolute Gasteiger partial charge is 0.337 e. The molecule has 4 rings (SSSR count). The molecule has 0 radical (unpaired) electrons. The van der Waals surface area contributed by atoms with E-state index in [-0.39, 0.29) is 17.8 Å². The van der Waals surface area contributed by atoms with Gasteiger partial charge < -0.3 is 10.1 Å². The summed E-state index contributed by atoms with van der Waals surface area (Å²) in [5.74, 6) is -0.805. The van der Waals surface area contributed by atoms with E-state index in [1.54, 1.807) is 12.1 Å². The van der Waals surface area contributed by atoms with Gasteiger partial charge in [-0.3, -0.25) is 4.79 Å². The number of hydrogen-bond donors (Lipinski definition) is 1. The molecule has 33 heavy (non-hydrogen) atoms. The van der Waals surface area contributed by atoms with Crippen LogP contribution in [0.2, 0.25) is 10.0 Å². The molecule has 0 saturated carbocycles. The Kier molecular flexibility index (Phi) is 6.96. The van der Waals surface area contributed by atoms with Gasteiger partial charge in [-0.05, 0) is 68.0 Å². The van der Waals surface area contributed by atoms with Gasteiger partial charge >= 0.3 is 5.97 Å². The van der Waals surface area contributed by atoms with Crippen molar-refractivity contribution in [1.29, 1.82) is 0 Å². The molecule has 0 aromatic heterocycles. The van der Waals surface area contributed by atoms with Crippen LogP contribution in [-0.2, 0) is 14.3 Å². The standard InChI is InChI=1S/C27H27Cl2NO3/c1-4-15(2)33-27(32)24-16(3)30-22-13-19(17-5-9-20(28)10-6-17)14-23(31)26(22)25(24)18-7-11-21(29)12-8-18/h5-12,15,19,25,30H,4,13-14H2,1-3H3/t15-,19+,25-/m0/s1. The minimum atomic E-state index is -0.492. The third-order valence-corrected chi connectivity index (χ3v) is 6.98. The van der Waals surface area contributed by atoms with Gasteiger partial charge in [0.25, 0.3) is 0 Å². The average Bonchev–Trinajstić information content (AvgIpc) is 2.78. The number of ether oxygens (including phenoxy) is 1. The fourth-order valence-corrected chi connectivity index (χ4v) is 4.85. The average molecular weight is 484 g/mol. The van der Waals surface area contributed by atoms with Gasteiger partial charge in [0.2, 0.25) is 0 Å². The predicted molar refractivity (Wildman–Crippen MR) is 131 cm³/mol. The van der Waals surface area contributed by atoms with Crippen LogP contribution < -0.4 is 5.32 Å². The SMILES string of the molecule is CC[C@H](C)OC(=O)C1=C(C)NC2=C(C(=O)C[C@H](c3ccc(Cl)cc3)C2)[C@H]1c1ccc(Cl)cc1. The molecule has 2 aromatic carbocycles. The van der Waals surface area contributed by atoms with E-state index in [1.165, 1.54) is 0 Å². The number of Topliss-reactive ketones (excluding diaryl/α,β-unsaturated/α-hetero) is 1. The van der Waals surface area contributed by atoms with E-state index in [1.807, 2.05) is 57.2 Å². The maximum Gasteiger partial charge on any atom is 0.337 e. The van der Waals surface area contributed by atoms with Gasteiger partial charge in [0.1, 0.15) is 0 Å². The Morgan fingerprint density at radius 1 is 1.03 bits per heavy atom. The number of nitrogens with one attached hydrogen (secondary N) is 1. The Hall–Kier alpha value is -2.56. The second-order valence-corrected chi connectivity index (χ2v) is 9.62. The van der Waals surface area contributed by atoms with Crippen LogP contribution in [0.4, 0.5) is 0 Å². The topological polar surface area (TPSA) is 55.4 Å². The van der Waals surface area contributed by atoms with Crippen molar-refractivity contribution in [3.8, 4) is 0 Å². The van der Waals surface area contributed by atoms with E-state index in [2.05, 4.69) is 5.32 Å². The highest BCUT2D eigenvalue weighted by Gasteiger charge is 2.41. The monoisotopic (exact) mass is 483 g/mol. The molecule has 4 nitrogen and oxygen atoms in total. The van der Waals surface area contributed by atoms with Gasteiger partial charge in [-0.2, -0.15) is 0 Å². The van der Waals surface area contributed by atoms with Crippen LogP contribution in [0.1, 0.15) is 63.0 Å². The van der Waals surface area contributed by atoms with E-state index < -0.39 is 11.9 Å². The molecule has 172 valence electrons. The number of hydrogen-bond acceptors (Lipinski definition) is 4. The van der Waals surface area contributed by atoms with Crippen molar-refractivity contribution in [1.82, 2.24) is 5.32 Å². The first-order valence-corrected chi connectivity index (χ1v) is 12.0. The number of halogens is 2. The van der Waals surface area contributed by atoms with Gasteiger partial charge in [-0.25, -0.2) is 4.79 Å². The largest absolute Gasteiger partial charge is 0.459 e. The lowest BCUT2D eigenvalue weighted by atomic mass is 9.72. The minimum Gasteiger partial charge on any atom is -0.459 e. The molecule has 0 unspecified atom stereocenters. The highest BCUT2D eigenvalue weighted by molar-refractivity contribution is 6.30. The number of allylic oxidation sites excluding steroid dienone is 3. The number of benzene rings is 2. The van der Waals surface area contributed by atoms with Crippen LogP contribution in [0, 0.1) is 0 Å². The van der Waals surface area contributed by atoms with Crippen LogP contribution in [0.25, 0.3) is 0 Å². The molecule has 1 heterocycles. The summed E-state index contributed by atoms with van der Waals surface area (Å²) in [5.41, 5.74) is 4.63. The lowest BCUT2D eigenvalue weighted by Gasteiger charge is -2.37. The van der Waals surface area contributed by atoms with Crippen molar-refractivity contribution in [2.24, 2.45) is 0 Å². The first-order chi connectivity index (χ1) is 15.8. The number of esters is 1. The summed E-state index contributed by atoms with van der Waals surface area (Å²) in [4.78, 5) is 26.8. The van der Waals surface area contributed by atoms with Gasteiger partial charge in [0.15, 0.2) is 5.78 Å². The number of carbonyl (C=O) groups is 2. The van der Waals surface area contributed by atoms with Gasteiger partial charge in [0, 0.05) is 39.4 Å². The summed E-state index contributed by atoms with van der Waals surface area (Å²) in [6.45, 7) is 5.71. The fraction of sp³-hybridized carbons (Fsp3) is 0.333. The zero-order valence-corrected chi connectivity index (χ0v) is 20.5. The van der Waals surface area contributed by atoms with Crippen LogP contribution in [0.3, 0.4) is 0 Å². The molecule has 0 saturated heterocycles. The van der Waals surface area contributed by atoms with Crippen LogP contribution >= 0.6 is 23.2 Å². The maximum atomic E-state index is 13.6. The quantitative estimate of drug-likeness (QED) is 0.480. The van der Waals surface area contributed by atoms with Crippen molar-refractivity contribution in [3.63, 3.8) is 0 Å². The lowest BCUT2D eigenvalue weighted by Crippen LogP contribution is -2.36. The highest BCUT2D eigenvalue weighted by atomic mass is 35.5. The summed E-state index contributed by atoms with van der Waals surface area (Å²) >= 11 is 12.2. The zero-order chi connectivity index (χ0) is 23.7. The summed E-state index contributed by atoms with van der Waals surface area (Å²) in [6, 6.07) is 15.0. The second-order valence-electron chi connectivity index (χ2n) is 8.74. The van der Waals surface area contributed by atoms with Crippen molar-refractivity contribution < 1.29 is 14.3 Å². The van der Waals surface area contributed by atoms with Crippen LogP contribution in [0.5, 0.6) is 0 Å². The summed E-state index contributed by atoms with van der Waals surface area (Å²) in [5, 5.41) is 4.65. The number of ketones is 1. The van der Waals surface area contributed by atoms with E-state index in [9.17, 15) is 9.59 Å². The Morgan fingerprint density at radius 3 is 2.18 bits per heavy atom. The molecule has 1 N–H and O–H groups in total. The first kappa shape index (κ1) is 23.6. The molecule has 0 spiro atoms. The molecule has 0 fully saturated rings. The Bertz CT molecular complexity index is 1130. The maximum absolute atomic E-state index is 13.6. The van der Waals surface area contributed by atoms with Crippen LogP contribution in [-0.4, -0.2) is 17.9 Å². The first-order valence-electron chi connectivity index (χ1n) is 11.2. The van der Waals surface area contributed by atoms with Gasteiger partial charge in [0.05, 0.1) is 11.7 Å². The van der Waals surface area contributed by atoms with E-state index in [4.69, 9.17) is 27.9 Å². The third kappa shape index (κ3) is 4.87. The van der Waals surface area contributed by atoms with Crippen molar-refractivity contribution in [2.45, 2.75) is 58.0 Å². The Balaban J connectivity index is 1.76. The van der Waals surface area contributed by atoms with Crippen molar-refractivity contribution >= 4 is 35.0 Å². The number of carbonyl (C=O) groups excluding carboxylic acids is 2. The van der Waals surface area contributed by atoms with Gasteiger partial charge in [-0.1, -0.05) is 54.4 Å². The Morgan fingerprint density at radius 2 is 1.61 bits per heavy atom. The Labute approximate surface area is 204 Å². The minimum absolute atomic E-state index is 0.0324. The van der Waals surface area contributed by atoms with Gasteiger partial charge in [-0.15, -0.1) is 0 Å². The highest BCUT2D eigenvalue weighted by Crippen LogP contribution is 2.46. The molecule has 2 aliphatic rings. The third-order valence-electron chi connectivity index (χ3n) is 6.48. The van der Waals surface area contributed by atoms with Crippen molar-refractivity contribution in [2.75, 3.05) is 0 Å². The van der Waals surface area contributed by atoms with Crippen LogP contribution in [0.15, 0.2) is 71.1 Å². The molecular weight excluding hydrogens is 457 g/mol. The molecule has 0 bridgehead atoms.